The number of rotatable bonds is 4. The Bertz CT molecular complexity index is 432. The maximum absolute atomic E-state index is 12.1. The summed E-state index contributed by atoms with van der Waals surface area (Å²) in [6.45, 7) is 3.85. The third kappa shape index (κ3) is 2.89. The van der Waals surface area contributed by atoms with E-state index in [1.54, 1.807) is 0 Å². The molecule has 1 aliphatic heterocycles. The zero-order valence-electron chi connectivity index (χ0n) is 10.8. The van der Waals surface area contributed by atoms with E-state index in [0.29, 0.717) is 13.2 Å². The molecule has 0 unspecified atom stereocenters. The van der Waals surface area contributed by atoms with Crippen LogP contribution in [0.4, 0.5) is 5.69 Å². The van der Waals surface area contributed by atoms with E-state index in [0.717, 1.165) is 25.1 Å². The molecule has 0 aliphatic carbocycles. The standard InChI is InChI=1S/C14H20N2O2/c1-11-4-5-13-12(9-11)3-2-7-16(13)14(17)10-18-8-6-15/h4-5,9H,2-3,6-8,10,15H2,1H3. The van der Waals surface area contributed by atoms with Crippen molar-refractivity contribution in [2.45, 2.75) is 19.8 Å². The first-order valence-electron chi connectivity index (χ1n) is 6.40. The number of anilines is 1. The Labute approximate surface area is 108 Å². The molecule has 0 spiro atoms. The summed E-state index contributed by atoms with van der Waals surface area (Å²) < 4.78 is 5.22. The van der Waals surface area contributed by atoms with Gasteiger partial charge in [-0.05, 0) is 31.4 Å². The lowest BCUT2D eigenvalue weighted by Gasteiger charge is -2.29. The Kier molecular flexibility index (Phi) is 4.33. The van der Waals surface area contributed by atoms with Crippen molar-refractivity contribution in [3.05, 3.63) is 29.3 Å². The van der Waals surface area contributed by atoms with Gasteiger partial charge in [0.05, 0.1) is 6.61 Å². The molecule has 0 radical (unpaired) electrons. The van der Waals surface area contributed by atoms with E-state index < -0.39 is 0 Å². The second kappa shape index (κ2) is 5.98. The fraction of sp³-hybridized carbons (Fsp3) is 0.500. The van der Waals surface area contributed by atoms with Gasteiger partial charge < -0.3 is 15.4 Å². The molecule has 2 N–H and O–H groups in total. The molecule has 0 saturated carbocycles. The SMILES string of the molecule is Cc1ccc2c(c1)CCCN2C(=O)COCCN. The number of ether oxygens (including phenoxy) is 1. The lowest BCUT2D eigenvalue weighted by atomic mass is 9.99. The smallest absolute Gasteiger partial charge is 0.252 e. The minimum atomic E-state index is 0.0215. The topological polar surface area (TPSA) is 55.6 Å². The van der Waals surface area contributed by atoms with E-state index in [2.05, 4.69) is 13.0 Å². The molecule has 0 aromatic heterocycles. The summed E-state index contributed by atoms with van der Waals surface area (Å²) in [5, 5.41) is 0. The monoisotopic (exact) mass is 248 g/mol. The van der Waals surface area contributed by atoms with Crippen LogP contribution in [0.3, 0.4) is 0 Å². The molecule has 2 rings (SSSR count). The van der Waals surface area contributed by atoms with Crippen molar-refractivity contribution in [2.75, 3.05) is 31.2 Å². The Hall–Kier alpha value is -1.39. The van der Waals surface area contributed by atoms with E-state index in [4.69, 9.17) is 10.5 Å². The van der Waals surface area contributed by atoms with Crippen LogP contribution >= 0.6 is 0 Å². The molecule has 4 heteroatoms. The summed E-state index contributed by atoms with van der Waals surface area (Å²) in [4.78, 5) is 13.9. The van der Waals surface area contributed by atoms with E-state index in [1.165, 1.54) is 11.1 Å². The predicted molar refractivity (Wildman–Crippen MR) is 71.7 cm³/mol. The Morgan fingerprint density at radius 3 is 3.11 bits per heavy atom. The van der Waals surface area contributed by atoms with Crippen LogP contribution in [0.5, 0.6) is 0 Å². The van der Waals surface area contributed by atoms with Crippen LogP contribution in [0.15, 0.2) is 18.2 Å². The molecule has 1 amide bonds. The van der Waals surface area contributed by atoms with Gasteiger partial charge in [0.2, 0.25) is 0 Å². The number of carbonyl (C=O) groups excluding carboxylic acids is 1. The van der Waals surface area contributed by atoms with Crippen LogP contribution in [0.2, 0.25) is 0 Å². The van der Waals surface area contributed by atoms with Gasteiger partial charge in [0.1, 0.15) is 6.61 Å². The van der Waals surface area contributed by atoms with Gasteiger partial charge in [-0.2, -0.15) is 0 Å². The molecular weight excluding hydrogens is 228 g/mol. The highest BCUT2D eigenvalue weighted by atomic mass is 16.5. The van der Waals surface area contributed by atoms with Crippen LogP contribution in [-0.2, 0) is 16.0 Å². The summed E-state index contributed by atoms with van der Waals surface area (Å²) in [5.74, 6) is 0.0215. The summed E-state index contributed by atoms with van der Waals surface area (Å²) in [7, 11) is 0. The zero-order valence-corrected chi connectivity index (χ0v) is 10.8. The number of nitrogens with two attached hydrogens (primary N) is 1. The molecule has 0 atom stereocenters. The number of fused-ring (bicyclic) bond motifs is 1. The average molecular weight is 248 g/mol. The Morgan fingerprint density at radius 2 is 2.33 bits per heavy atom. The molecule has 0 fully saturated rings. The molecule has 1 aromatic carbocycles. The van der Waals surface area contributed by atoms with Gasteiger partial charge in [-0.15, -0.1) is 0 Å². The van der Waals surface area contributed by atoms with Crippen LogP contribution in [0, 0.1) is 6.92 Å². The number of carbonyl (C=O) groups is 1. The largest absolute Gasteiger partial charge is 0.370 e. The first-order valence-corrected chi connectivity index (χ1v) is 6.40. The van der Waals surface area contributed by atoms with Crippen LogP contribution in [0.25, 0.3) is 0 Å². The summed E-state index contributed by atoms with van der Waals surface area (Å²) in [6, 6.07) is 6.24. The van der Waals surface area contributed by atoms with Crippen molar-refractivity contribution < 1.29 is 9.53 Å². The number of hydrogen-bond donors (Lipinski definition) is 1. The maximum atomic E-state index is 12.1. The van der Waals surface area contributed by atoms with E-state index in [-0.39, 0.29) is 12.5 Å². The summed E-state index contributed by atoms with van der Waals surface area (Å²) in [5.41, 5.74) is 8.87. The van der Waals surface area contributed by atoms with Crippen molar-refractivity contribution in [1.82, 2.24) is 0 Å². The molecule has 0 saturated heterocycles. The average Bonchev–Trinajstić information content (AvgIpc) is 2.37. The van der Waals surface area contributed by atoms with E-state index in [1.807, 2.05) is 17.0 Å². The lowest BCUT2D eigenvalue weighted by Crippen LogP contribution is -2.38. The minimum Gasteiger partial charge on any atom is -0.370 e. The van der Waals surface area contributed by atoms with Crippen molar-refractivity contribution >= 4 is 11.6 Å². The van der Waals surface area contributed by atoms with Crippen molar-refractivity contribution in [3.63, 3.8) is 0 Å². The van der Waals surface area contributed by atoms with Crippen LogP contribution < -0.4 is 10.6 Å². The first-order chi connectivity index (χ1) is 8.72. The molecule has 1 aliphatic rings. The third-order valence-electron chi connectivity index (χ3n) is 3.14. The Balaban J connectivity index is 2.09. The van der Waals surface area contributed by atoms with Crippen molar-refractivity contribution in [2.24, 2.45) is 5.73 Å². The highest BCUT2D eigenvalue weighted by molar-refractivity contribution is 5.95. The summed E-state index contributed by atoms with van der Waals surface area (Å²) in [6.07, 6.45) is 2.06. The fourth-order valence-electron chi connectivity index (χ4n) is 2.31. The van der Waals surface area contributed by atoms with Crippen LogP contribution in [-0.4, -0.2) is 32.2 Å². The highest BCUT2D eigenvalue weighted by Crippen LogP contribution is 2.27. The molecule has 0 bridgehead atoms. The molecule has 1 heterocycles. The Morgan fingerprint density at radius 1 is 1.50 bits per heavy atom. The van der Waals surface area contributed by atoms with Crippen molar-refractivity contribution in [1.29, 1.82) is 0 Å². The molecule has 98 valence electrons. The van der Waals surface area contributed by atoms with E-state index in [9.17, 15) is 4.79 Å². The second-order valence-electron chi connectivity index (χ2n) is 4.62. The van der Waals surface area contributed by atoms with Crippen molar-refractivity contribution in [3.8, 4) is 0 Å². The minimum absolute atomic E-state index is 0.0215. The van der Waals surface area contributed by atoms with Gasteiger partial charge in [0.15, 0.2) is 0 Å². The lowest BCUT2D eigenvalue weighted by molar-refractivity contribution is -0.123. The van der Waals surface area contributed by atoms with Gasteiger partial charge in [0.25, 0.3) is 5.91 Å². The second-order valence-corrected chi connectivity index (χ2v) is 4.62. The third-order valence-corrected chi connectivity index (χ3v) is 3.14. The van der Waals surface area contributed by atoms with Gasteiger partial charge in [-0.1, -0.05) is 17.7 Å². The number of hydrogen-bond acceptors (Lipinski definition) is 3. The van der Waals surface area contributed by atoms with E-state index >= 15 is 0 Å². The summed E-state index contributed by atoms with van der Waals surface area (Å²) >= 11 is 0. The molecular formula is C14H20N2O2. The molecule has 4 nitrogen and oxygen atoms in total. The molecule has 1 aromatic rings. The van der Waals surface area contributed by atoms with Crippen LogP contribution in [0.1, 0.15) is 17.5 Å². The number of amides is 1. The highest BCUT2D eigenvalue weighted by Gasteiger charge is 2.22. The number of aryl methyl sites for hydroxylation is 2. The van der Waals surface area contributed by atoms with Gasteiger partial charge in [0, 0.05) is 18.8 Å². The number of benzene rings is 1. The maximum Gasteiger partial charge on any atom is 0.252 e. The quantitative estimate of drug-likeness (QED) is 0.816. The normalized spacial score (nSPS) is 14.4. The molecule has 18 heavy (non-hydrogen) atoms. The predicted octanol–water partition coefficient (Wildman–Crippen LogP) is 1.25. The van der Waals surface area contributed by atoms with Gasteiger partial charge in [-0.3, -0.25) is 4.79 Å². The van der Waals surface area contributed by atoms with Gasteiger partial charge >= 0.3 is 0 Å². The number of nitrogens with zero attached hydrogens (tertiary/aromatic N) is 1. The fourth-order valence-corrected chi connectivity index (χ4v) is 2.31. The zero-order chi connectivity index (χ0) is 13.0. The first kappa shape index (κ1) is 13.1. The van der Waals surface area contributed by atoms with Gasteiger partial charge in [-0.25, -0.2) is 0 Å².